The molecule has 3 aromatic carbocycles. The van der Waals surface area contributed by atoms with Gasteiger partial charge in [-0.15, -0.1) is 0 Å². The summed E-state index contributed by atoms with van der Waals surface area (Å²) in [5.41, 5.74) is 0.905. The summed E-state index contributed by atoms with van der Waals surface area (Å²) in [7, 11) is 0. The van der Waals surface area contributed by atoms with Gasteiger partial charge in [-0.2, -0.15) is 5.26 Å². The van der Waals surface area contributed by atoms with Crippen molar-refractivity contribution in [1.82, 2.24) is 9.55 Å². The number of aliphatic hydroxyl groups is 1. The maximum atomic E-state index is 12.3. The van der Waals surface area contributed by atoms with Crippen molar-refractivity contribution in [2.45, 2.75) is 30.5 Å². The van der Waals surface area contributed by atoms with Crippen LogP contribution in [-0.2, 0) is 15.1 Å². The third kappa shape index (κ3) is 4.76. The summed E-state index contributed by atoms with van der Waals surface area (Å²) >= 11 is 0. The van der Waals surface area contributed by atoms with Crippen molar-refractivity contribution in [2.24, 2.45) is 0 Å². The largest absolute Gasteiger partial charge is 0.390 e. The predicted molar refractivity (Wildman–Crippen MR) is 136 cm³/mol. The molecule has 4 aromatic rings. The summed E-state index contributed by atoms with van der Waals surface area (Å²) in [6.07, 6.45) is -0.842. The molecule has 8 heteroatoms. The first-order chi connectivity index (χ1) is 18.0. The Morgan fingerprint density at radius 2 is 1.54 bits per heavy atom. The first-order valence-electron chi connectivity index (χ1n) is 11.9. The molecule has 0 unspecified atom stereocenters. The molecule has 3 atom stereocenters. The van der Waals surface area contributed by atoms with Gasteiger partial charge in [-0.1, -0.05) is 72.8 Å². The maximum absolute atomic E-state index is 12.3. The zero-order valence-corrected chi connectivity index (χ0v) is 19.9. The van der Waals surface area contributed by atoms with Crippen molar-refractivity contribution in [1.29, 1.82) is 5.26 Å². The van der Waals surface area contributed by atoms with E-state index in [2.05, 4.69) is 11.1 Å². The molecular weight excluding hydrogens is 470 g/mol. The normalized spacial score (nSPS) is 19.4. The van der Waals surface area contributed by atoms with E-state index in [-0.39, 0.29) is 13.0 Å². The van der Waals surface area contributed by atoms with Crippen LogP contribution in [-0.4, -0.2) is 33.5 Å². The number of hydrogen-bond acceptors (Lipinski definition) is 6. The number of aliphatic hydroxyl groups excluding tert-OH is 1. The van der Waals surface area contributed by atoms with E-state index in [0.717, 1.165) is 16.7 Å². The highest BCUT2D eigenvalue weighted by Gasteiger charge is 2.41. The van der Waals surface area contributed by atoms with Crippen molar-refractivity contribution >= 4 is 0 Å². The Balaban J connectivity index is 1.52. The standard InChI is InChI=1S/C29H25N3O5/c30-18-20-11-13-23(14-12-20)29(21-7-3-1-4-8-21,22-9-5-2-6-10-22)36-19-25-24(33)17-27(37-25)32-16-15-26(34)31-28(32)35/h1-16,24-25,27,33H,17,19H2,(H,31,34,35)/t24-,25+,27+/m0/s1. The second kappa shape index (κ2) is 10.4. The second-order valence-electron chi connectivity index (χ2n) is 8.86. The minimum absolute atomic E-state index is 0.0135. The van der Waals surface area contributed by atoms with Gasteiger partial charge in [0.1, 0.15) is 17.9 Å². The maximum Gasteiger partial charge on any atom is 0.330 e. The number of rotatable bonds is 7. The molecule has 5 rings (SSSR count). The van der Waals surface area contributed by atoms with Crippen LogP contribution in [0.15, 0.2) is 107 Å². The lowest BCUT2D eigenvalue weighted by molar-refractivity contribution is -0.0944. The second-order valence-corrected chi connectivity index (χ2v) is 8.86. The van der Waals surface area contributed by atoms with Crippen LogP contribution in [0.25, 0.3) is 0 Å². The van der Waals surface area contributed by atoms with Gasteiger partial charge in [-0.05, 0) is 28.8 Å². The average molecular weight is 496 g/mol. The van der Waals surface area contributed by atoms with Gasteiger partial charge in [0.2, 0.25) is 0 Å². The van der Waals surface area contributed by atoms with E-state index < -0.39 is 35.3 Å². The number of nitriles is 1. The number of hydrogen-bond donors (Lipinski definition) is 2. The smallest absolute Gasteiger partial charge is 0.330 e. The van der Waals surface area contributed by atoms with Gasteiger partial charge in [0.05, 0.1) is 24.3 Å². The number of H-pyrrole nitrogens is 1. The SMILES string of the molecule is N#Cc1ccc(C(OC[C@H]2O[C@@H](n3ccc(=O)[nH]c3=O)C[C@@H]2O)(c2ccccc2)c2ccccc2)cc1. The first kappa shape index (κ1) is 24.4. The van der Waals surface area contributed by atoms with Crippen LogP contribution in [0.3, 0.4) is 0 Å². The zero-order chi connectivity index (χ0) is 25.8. The van der Waals surface area contributed by atoms with Crippen LogP contribution < -0.4 is 11.2 Å². The number of nitrogens with one attached hydrogen (secondary N) is 1. The summed E-state index contributed by atoms with van der Waals surface area (Å²) < 4.78 is 14.0. The van der Waals surface area contributed by atoms with Crippen molar-refractivity contribution in [2.75, 3.05) is 6.61 Å². The fourth-order valence-electron chi connectivity index (χ4n) is 4.77. The fraction of sp³-hybridized carbons (Fsp3) is 0.207. The Kier molecular flexibility index (Phi) is 6.84. The van der Waals surface area contributed by atoms with Crippen molar-refractivity contribution in [3.63, 3.8) is 0 Å². The topological polar surface area (TPSA) is 117 Å². The Bertz CT molecular complexity index is 1470. The van der Waals surface area contributed by atoms with Crippen LogP contribution in [0.5, 0.6) is 0 Å². The van der Waals surface area contributed by atoms with Crippen molar-refractivity contribution in [3.8, 4) is 6.07 Å². The third-order valence-corrected chi connectivity index (χ3v) is 6.61. The van der Waals surface area contributed by atoms with Gasteiger partial charge < -0.3 is 14.6 Å². The summed E-state index contributed by atoms with van der Waals surface area (Å²) in [6.45, 7) is 0.0135. The highest BCUT2D eigenvalue weighted by Crippen LogP contribution is 2.41. The summed E-state index contributed by atoms with van der Waals surface area (Å²) in [4.78, 5) is 25.9. The van der Waals surface area contributed by atoms with Crippen LogP contribution in [0.2, 0.25) is 0 Å². The molecule has 37 heavy (non-hydrogen) atoms. The highest BCUT2D eigenvalue weighted by atomic mass is 16.6. The lowest BCUT2D eigenvalue weighted by Crippen LogP contribution is -2.38. The number of benzene rings is 3. The van der Waals surface area contributed by atoms with Crippen molar-refractivity contribution < 1.29 is 14.6 Å². The number of nitrogens with zero attached hydrogens (tertiary/aromatic N) is 2. The van der Waals surface area contributed by atoms with E-state index in [1.165, 1.54) is 16.8 Å². The Morgan fingerprint density at radius 3 is 2.11 bits per heavy atom. The van der Waals surface area contributed by atoms with E-state index in [4.69, 9.17) is 9.47 Å². The zero-order valence-electron chi connectivity index (χ0n) is 19.9. The number of aromatic amines is 1. The molecule has 1 aromatic heterocycles. The molecule has 1 fully saturated rings. The van der Waals surface area contributed by atoms with Crippen LogP contribution >= 0.6 is 0 Å². The van der Waals surface area contributed by atoms with Gasteiger partial charge in [-0.25, -0.2) is 4.79 Å². The molecule has 186 valence electrons. The van der Waals surface area contributed by atoms with Crippen LogP contribution in [0.4, 0.5) is 0 Å². The molecule has 2 heterocycles. The third-order valence-electron chi connectivity index (χ3n) is 6.61. The molecule has 0 aliphatic carbocycles. The van der Waals surface area contributed by atoms with Gasteiger partial charge in [0, 0.05) is 18.7 Å². The van der Waals surface area contributed by atoms with E-state index in [1.807, 2.05) is 72.8 Å². The molecule has 8 nitrogen and oxygen atoms in total. The summed E-state index contributed by atoms with van der Waals surface area (Å²) in [5.74, 6) is 0. The Hall–Kier alpha value is -4.29. The fourth-order valence-corrected chi connectivity index (χ4v) is 4.77. The van der Waals surface area contributed by atoms with E-state index in [9.17, 15) is 20.0 Å². The van der Waals surface area contributed by atoms with Gasteiger partial charge >= 0.3 is 5.69 Å². The van der Waals surface area contributed by atoms with Gasteiger partial charge in [0.15, 0.2) is 0 Å². The number of ether oxygens (including phenoxy) is 2. The van der Waals surface area contributed by atoms with E-state index >= 15 is 0 Å². The molecule has 2 N–H and O–H groups in total. The molecule has 0 amide bonds. The molecular formula is C29H25N3O5. The van der Waals surface area contributed by atoms with Crippen molar-refractivity contribution in [3.05, 3.63) is 140 Å². The van der Waals surface area contributed by atoms with E-state index in [0.29, 0.717) is 5.56 Å². The quantitative estimate of drug-likeness (QED) is 0.381. The molecule has 1 aliphatic rings. The van der Waals surface area contributed by atoms with E-state index in [1.54, 1.807) is 12.1 Å². The molecule has 0 radical (unpaired) electrons. The lowest BCUT2D eigenvalue weighted by atomic mass is 9.79. The van der Waals surface area contributed by atoms with Gasteiger partial charge in [0.25, 0.3) is 5.56 Å². The summed E-state index contributed by atoms with van der Waals surface area (Å²) in [5, 5.41) is 20.1. The lowest BCUT2D eigenvalue weighted by Gasteiger charge is -2.37. The minimum Gasteiger partial charge on any atom is -0.390 e. The predicted octanol–water partition coefficient (Wildman–Crippen LogP) is 3.07. The summed E-state index contributed by atoms with van der Waals surface area (Å²) in [6, 6.07) is 30.1. The number of aromatic nitrogens is 2. The van der Waals surface area contributed by atoms with Gasteiger partial charge in [-0.3, -0.25) is 14.3 Å². The Labute approximate surface area is 213 Å². The van der Waals surface area contributed by atoms with Crippen LogP contribution in [0.1, 0.15) is 34.9 Å². The minimum atomic E-state index is -1.06. The molecule has 1 saturated heterocycles. The average Bonchev–Trinajstić information content (AvgIpc) is 3.30. The Morgan fingerprint density at radius 1 is 0.946 bits per heavy atom. The molecule has 0 spiro atoms. The van der Waals surface area contributed by atoms with Crippen LogP contribution in [0, 0.1) is 11.3 Å². The molecule has 1 aliphatic heterocycles. The molecule has 0 saturated carbocycles. The highest BCUT2D eigenvalue weighted by molar-refractivity contribution is 5.49. The monoisotopic (exact) mass is 495 g/mol. The first-order valence-corrected chi connectivity index (χ1v) is 11.9. The molecule has 0 bridgehead atoms.